The Labute approximate surface area is 184 Å². The summed E-state index contributed by atoms with van der Waals surface area (Å²) in [6, 6.07) is 8.78. The SMILES string of the molecule is CC1CCN(c2nn(CN3CCc4ccccc4C3)c(=S)n2C[C@H]2CCCO2)CC1. The predicted octanol–water partition coefficient (Wildman–Crippen LogP) is 3.85. The van der Waals surface area contributed by atoms with E-state index < -0.39 is 0 Å². The van der Waals surface area contributed by atoms with Crippen LogP contribution in [-0.2, 0) is 30.9 Å². The molecule has 0 spiro atoms. The summed E-state index contributed by atoms with van der Waals surface area (Å²) in [6.07, 6.45) is 6.07. The van der Waals surface area contributed by atoms with E-state index in [1.807, 2.05) is 4.68 Å². The van der Waals surface area contributed by atoms with Gasteiger partial charge in [-0.15, -0.1) is 5.10 Å². The van der Waals surface area contributed by atoms with E-state index in [1.54, 1.807) is 0 Å². The lowest BCUT2D eigenvalue weighted by molar-refractivity contribution is 0.0964. The van der Waals surface area contributed by atoms with E-state index in [0.29, 0.717) is 0 Å². The Morgan fingerprint density at radius 3 is 2.67 bits per heavy atom. The van der Waals surface area contributed by atoms with Crippen LogP contribution in [0, 0.1) is 10.7 Å². The van der Waals surface area contributed by atoms with Gasteiger partial charge in [-0.2, -0.15) is 0 Å². The highest BCUT2D eigenvalue weighted by Crippen LogP contribution is 2.25. The molecule has 0 unspecified atom stereocenters. The van der Waals surface area contributed by atoms with E-state index in [2.05, 4.69) is 45.6 Å². The maximum absolute atomic E-state index is 5.94. The van der Waals surface area contributed by atoms with Crippen molar-refractivity contribution in [3.63, 3.8) is 0 Å². The molecule has 1 atom stereocenters. The molecular formula is C23H33N5OS. The maximum atomic E-state index is 5.94. The lowest BCUT2D eigenvalue weighted by Gasteiger charge is -2.31. The molecule has 5 rings (SSSR count). The van der Waals surface area contributed by atoms with Crippen molar-refractivity contribution in [1.82, 2.24) is 19.2 Å². The largest absolute Gasteiger partial charge is 0.376 e. The second kappa shape index (κ2) is 8.81. The van der Waals surface area contributed by atoms with Crippen molar-refractivity contribution in [3.05, 3.63) is 40.2 Å². The number of piperidine rings is 1. The van der Waals surface area contributed by atoms with Gasteiger partial charge in [0.05, 0.1) is 19.3 Å². The zero-order chi connectivity index (χ0) is 20.5. The Kier molecular flexibility index (Phi) is 5.94. The summed E-state index contributed by atoms with van der Waals surface area (Å²) >= 11 is 5.94. The van der Waals surface area contributed by atoms with Crippen LogP contribution in [0.3, 0.4) is 0 Å². The Hall–Kier alpha value is -1.70. The Bertz CT molecular complexity index is 924. The molecule has 0 amide bonds. The zero-order valence-corrected chi connectivity index (χ0v) is 18.8. The topological polar surface area (TPSA) is 38.5 Å². The number of ether oxygens (including phenoxy) is 1. The average molecular weight is 428 g/mol. The molecule has 1 aromatic carbocycles. The number of hydrogen-bond acceptors (Lipinski definition) is 5. The molecule has 4 heterocycles. The maximum Gasteiger partial charge on any atom is 0.226 e. The second-order valence-corrected chi connectivity index (χ2v) is 9.58. The van der Waals surface area contributed by atoms with Gasteiger partial charge in [0.2, 0.25) is 10.7 Å². The van der Waals surface area contributed by atoms with Crippen molar-refractivity contribution < 1.29 is 4.74 Å². The van der Waals surface area contributed by atoms with Gasteiger partial charge in [0.15, 0.2) is 0 Å². The van der Waals surface area contributed by atoms with Crippen LogP contribution < -0.4 is 4.90 Å². The van der Waals surface area contributed by atoms with Gasteiger partial charge in [-0.05, 0) is 61.4 Å². The summed E-state index contributed by atoms with van der Waals surface area (Å²) < 4.78 is 11.1. The number of benzene rings is 1. The van der Waals surface area contributed by atoms with Crippen LogP contribution in [0.15, 0.2) is 24.3 Å². The van der Waals surface area contributed by atoms with Gasteiger partial charge in [-0.1, -0.05) is 31.2 Å². The lowest BCUT2D eigenvalue weighted by Crippen LogP contribution is -2.35. The summed E-state index contributed by atoms with van der Waals surface area (Å²) in [5.74, 6) is 1.84. The Morgan fingerprint density at radius 1 is 1.10 bits per heavy atom. The first-order chi connectivity index (χ1) is 14.7. The molecule has 2 aromatic rings. The zero-order valence-electron chi connectivity index (χ0n) is 18.0. The number of fused-ring (bicyclic) bond motifs is 1. The van der Waals surface area contributed by atoms with Crippen molar-refractivity contribution in [1.29, 1.82) is 0 Å². The van der Waals surface area contributed by atoms with Crippen LogP contribution >= 0.6 is 12.2 Å². The van der Waals surface area contributed by atoms with Crippen molar-refractivity contribution in [3.8, 4) is 0 Å². The third-order valence-corrected chi connectivity index (χ3v) is 7.35. The van der Waals surface area contributed by atoms with Crippen LogP contribution in [-0.4, -0.2) is 51.6 Å². The highest BCUT2D eigenvalue weighted by molar-refractivity contribution is 7.71. The predicted molar refractivity (Wildman–Crippen MR) is 121 cm³/mol. The van der Waals surface area contributed by atoms with Gasteiger partial charge in [-0.3, -0.25) is 9.47 Å². The Morgan fingerprint density at radius 2 is 1.90 bits per heavy atom. The minimum Gasteiger partial charge on any atom is -0.376 e. The van der Waals surface area contributed by atoms with E-state index in [9.17, 15) is 0 Å². The molecule has 0 N–H and O–H groups in total. The highest BCUT2D eigenvalue weighted by atomic mass is 32.1. The van der Waals surface area contributed by atoms with E-state index in [4.69, 9.17) is 22.1 Å². The molecule has 1 aromatic heterocycles. The van der Waals surface area contributed by atoms with Gasteiger partial charge >= 0.3 is 0 Å². The number of hydrogen-bond donors (Lipinski definition) is 0. The van der Waals surface area contributed by atoms with Crippen molar-refractivity contribution in [2.75, 3.05) is 31.1 Å². The highest BCUT2D eigenvalue weighted by Gasteiger charge is 2.26. The van der Waals surface area contributed by atoms with Crippen LogP contribution in [0.5, 0.6) is 0 Å². The van der Waals surface area contributed by atoms with Crippen LogP contribution in [0.2, 0.25) is 0 Å². The molecule has 7 heteroatoms. The summed E-state index contributed by atoms with van der Waals surface area (Å²) in [4.78, 5) is 4.90. The second-order valence-electron chi connectivity index (χ2n) is 9.21. The lowest BCUT2D eigenvalue weighted by atomic mass is 10.00. The number of nitrogens with zero attached hydrogens (tertiary/aromatic N) is 5. The first-order valence-electron chi connectivity index (χ1n) is 11.5. The molecule has 2 fully saturated rings. The van der Waals surface area contributed by atoms with Gasteiger partial charge < -0.3 is 9.64 Å². The smallest absolute Gasteiger partial charge is 0.226 e. The molecule has 3 aliphatic rings. The first kappa shape index (κ1) is 20.2. The normalized spacial score (nSPS) is 23.1. The fourth-order valence-electron chi connectivity index (χ4n) is 4.98. The molecule has 0 radical (unpaired) electrons. The Balaban J connectivity index is 1.38. The fourth-order valence-corrected chi connectivity index (χ4v) is 5.24. The minimum atomic E-state index is 0.263. The van der Waals surface area contributed by atoms with Crippen LogP contribution in [0.4, 0.5) is 5.95 Å². The summed E-state index contributed by atoms with van der Waals surface area (Å²) in [6.45, 7) is 8.94. The molecule has 0 saturated carbocycles. The molecule has 30 heavy (non-hydrogen) atoms. The van der Waals surface area contributed by atoms with E-state index >= 15 is 0 Å². The van der Waals surface area contributed by atoms with Crippen molar-refractivity contribution in [2.24, 2.45) is 5.92 Å². The van der Waals surface area contributed by atoms with E-state index in [0.717, 1.165) is 81.9 Å². The number of aromatic nitrogens is 3. The van der Waals surface area contributed by atoms with Crippen molar-refractivity contribution >= 4 is 18.2 Å². The molecule has 0 bridgehead atoms. The molecule has 6 nitrogen and oxygen atoms in total. The first-order valence-corrected chi connectivity index (χ1v) is 11.9. The van der Waals surface area contributed by atoms with Crippen LogP contribution in [0.25, 0.3) is 0 Å². The number of rotatable bonds is 5. The quantitative estimate of drug-likeness (QED) is 0.678. The number of anilines is 1. The van der Waals surface area contributed by atoms with Crippen molar-refractivity contribution in [2.45, 2.75) is 64.9 Å². The molecule has 162 valence electrons. The van der Waals surface area contributed by atoms with E-state index in [1.165, 1.54) is 24.0 Å². The molecular weight excluding hydrogens is 394 g/mol. The summed E-state index contributed by atoms with van der Waals surface area (Å²) in [5, 5.41) is 5.05. The molecule has 2 saturated heterocycles. The van der Waals surface area contributed by atoms with Gasteiger partial charge in [-0.25, -0.2) is 4.68 Å². The fraction of sp³-hybridized carbons (Fsp3) is 0.652. The third kappa shape index (κ3) is 4.20. The summed E-state index contributed by atoms with van der Waals surface area (Å²) in [7, 11) is 0. The third-order valence-electron chi connectivity index (χ3n) is 6.92. The van der Waals surface area contributed by atoms with Gasteiger partial charge in [0, 0.05) is 32.8 Å². The molecule has 0 aliphatic carbocycles. The minimum absolute atomic E-state index is 0.263. The standard InChI is InChI=1S/C23H33N5OS/c1-18-8-12-26(13-9-18)22-24-28(23(30)27(22)16-21-7-4-14-29-21)17-25-11-10-19-5-2-3-6-20(19)15-25/h2-3,5-6,18,21H,4,7-17H2,1H3/t21-/m1/s1. The monoisotopic (exact) mass is 427 g/mol. The summed E-state index contributed by atoms with van der Waals surface area (Å²) in [5.41, 5.74) is 2.91. The van der Waals surface area contributed by atoms with Gasteiger partial charge in [0.25, 0.3) is 0 Å². The average Bonchev–Trinajstić information content (AvgIpc) is 3.38. The van der Waals surface area contributed by atoms with Crippen LogP contribution in [0.1, 0.15) is 43.7 Å². The van der Waals surface area contributed by atoms with E-state index in [-0.39, 0.29) is 6.10 Å². The molecule has 3 aliphatic heterocycles. The van der Waals surface area contributed by atoms with Gasteiger partial charge in [0.1, 0.15) is 0 Å².